The molecule has 4 heteroatoms. The topological polar surface area (TPSA) is 38.7 Å². The van der Waals surface area contributed by atoms with Gasteiger partial charge in [-0.15, -0.1) is 0 Å². The predicted octanol–water partition coefficient (Wildman–Crippen LogP) is 2.26. The van der Waals surface area contributed by atoms with Crippen LogP contribution in [0.5, 0.6) is 0 Å². The summed E-state index contributed by atoms with van der Waals surface area (Å²) in [5.74, 6) is 4.82. The smallest absolute Gasteiger partial charge is 0.129 e. The lowest BCUT2D eigenvalue weighted by Gasteiger charge is -2.22. The maximum Gasteiger partial charge on any atom is 0.129 e. The molecule has 1 atom stereocenters. The third-order valence-corrected chi connectivity index (χ3v) is 3.20. The van der Waals surface area contributed by atoms with Crippen molar-refractivity contribution >= 4 is 0 Å². The number of benzene rings is 1. The van der Waals surface area contributed by atoms with Gasteiger partial charge in [-0.1, -0.05) is 17.9 Å². The number of aliphatic hydroxyl groups excluding tert-OH is 1. The van der Waals surface area contributed by atoms with Gasteiger partial charge in [-0.3, -0.25) is 0 Å². The fourth-order valence-corrected chi connectivity index (χ4v) is 2.12. The van der Waals surface area contributed by atoms with Gasteiger partial charge in [-0.05, 0) is 31.4 Å². The van der Waals surface area contributed by atoms with E-state index in [1.807, 2.05) is 0 Å². The summed E-state index contributed by atoms with van der Waals surface area (Å²) in [5.41, 5.74) is 1.06. The van der Waals surface area contributed by atoms with E-state index in [0.29, 0.717) is 17.7 Å². The van der Waals surface area contributed by atoms with Gasteiger partial charge in [0.2, 0.25) is 0 Å². The van der Waals surface area contributed by atoms with Crippen molar-refractivity contribution in [2.45, 2.75) is 32.0 Å². The van der Waals surface area contributed by atoms with E-state index in [-0.39, 0.29) is 25.1 Å². The zero-order chi connectivity index (χ0) is 14.2. The Balaban J connectivity index is 1.83. The van der Waals surface area contributed by atoms with Crippen LogP contribution in [-0.4, -0.2) is 31.0 Å². The summed E-state index contributed by atoms with van der Waals surface area (Å²) in [7, 11) is 0. The number of hydrogen-bond donors (Lipinski definition) is 1. The van der Waals surface area contributed by atoms with Crippen molar-refractivity contribution in [3.05, 3.63) is 35.1 Å². The Morgan fingerprint density at radius 1 is 1.40 bits per heavy atom. The molecular formula is C16H19FO3. The van der Waals surface area contributed by atoms with E-state index in [1.165, 1.54) is 12.5 Å². The summed E-state index contributed by atoms with van der Waals surface area (Å²) in [6.45, 7) is 1.30. The average molecular weight is 278 g/mol. The Kier molecular flexibility index (Phi) is 6.00. The number of rotatable bonds is 4. The van der Waals surface area contributed by atoms with Crippen molar-refractivity contribution in [1.82, 2.24) is 0 Å². The number of ether oxygens (including phenoxy) is 2. The Bertz CT molecular complexity index is 484. The lowest BCUT2D eigenvalue weighted by atomic mass is 10.1. The van der Waals surface area contributed by atoms with Gasteiger partial charge in [0.1, 0.15) is 12.4 Å². The summed E-state index contributed by atoms with van der Waals surface area (Å²) >= 11 is 0. The molecular weight excluding hydrogens is 259 g/mol. The predicted molar refractivity (Wildman–Crippen MR) is 73.6 cm³/mol. The summed E-state index contributed by atoms with van der Waals surface area (Å²) in [5, 5.41) is 8.59. The molecule has 1 heterocycles. The highest BCUT2D eigenvalue weighted by molar-refractivity contribution is 5.36. The molecule has 1 aliphatic rings. The number of aliphatic hydroxyl groups is 1. The van der Waals surface area contributed by atoms with Crippen LogP contribution in [-0.2, 0) is 16.1 Å². The van der Waals surface area contributed by atoms with Crippen molar-refractivity contribution in [3.63, 3.8) is 0 Å². The van der Waals surface area contributed by atoms with Crippen LogP contribution in [0.15, 0.2) is 18.2 Å². The fourth-order valence-electron chi connectivity index (χ4n) is 2.12. The average Bonchev–Trinajstić information content (AvgIpc) is 2.48. The monoisotopic (exact) mass is 278 g/mol. The zero-order valence-corrected chi connectivity index (χ0v) is 11.4. The molecule has 1 N–H and O–H groups in total. The van der Waals surface area contributed by atoms with Gasteiger partial charge in [0.15, 0.2) is 0 Å². The van der Waals surface area contributed by atoms with Crippen LogP contribution < -0.4 is 0 Å². The first-order valence-corrected chi connectivity index (χ1v) is 6.87. The Hall–Kier alpha value is -1.41. The van der Waals surface area contributed by atoms with Crippen molar-refractivity contribution in [3.8, 4) is 11.8 Å². The lowest BCUT2D eigenvalue weighted by molar-refractivity contribution is -0.0451. The van der Waals surface area contributed by atoms with Crippen LogP contribution in [0.1, 0.15) is 30.4 Å². The highest BCUT2D eigenvalue weighted by Gasteiger charge is 2.14. The first-order chi connectivity index (χ1) is 9.79. The Morgan fingerprint density at radius 2 is 2.30 bits per heavy atom. The maximum absolute atomic E-state index is 13.8. The van der Waals surface area contributed by atoms with Gasteiger partial charge in [0.05, 0.1) is 19.3 Å². The largest absolute Gasteiger partial charge is 0.384 e. The number of halogens is 1. The summed E-state index contributed by atoms with van der Waals surface area (Å²) < 4.78 is 24.9. The normalized spacial score (nSPS) is 18.4. The molecule has 1 saturated heterocycles. The molecule has 0 spiro atoms. The molecule has 1 unspecified atom stereocenters. The van der Waals surface area contributed by atoms with E-state index in [9.17, 15) is 4.39 Å². The molecule has 0 aromatic heterocycles. The Labute approximate surface area is 118 Å². The molecule has 1 aliphatic heterocycles. The minimum absolute atomic E-state index is 0.140. The second-order valence-corrected chi connectivity index (χ2v) is 4.77. The fraction of sp³-hybridized carbons (Fsp3) is 0.500. The van der Waals surface area contributed by atoms with Gasteiger partial charge >= 0.3 is 0 Å². The molecule has 108 valence electrons. The van der Waals surface area contributed by atoms with Gasteiger partial charge in [-0.2, -0.15) is 0 Å². The SMILES string of the molecule is OCC#Cc1ccc(COCC2CCCCO2)c(F)c1. The van der Waals surface area contributed by atoms with E-state index in [0.717, 1.165) is 19.4 Å². The highest BCUT2D eigenvalue weighted by Crippen LogP contribution is 2.15. The highest BCUT2D eigenvalue weighted by atomic mass is 19.1. The van der Waals surface area contributed by atoms with E-state index in [2.05, 4.69) is 11.8 Å². The van der Waals surface area contributed by atoms with Crippen LogP contribution in [0.4, 0.5) is 4.39 Å². The van der Waals surface area contributed by atoms with Crippen molar-refractivity contribution < 1.29 is 19.0 Å². The van der Waals surface area contributed by atoms with Crippen molar-refractivity contribution in [2.75, 3.05) is 19.8 Å². The summed E-state index contributed by atoms with van der Waals surface area (Å²) in [6, 6.07) is 4.75. The van der Waals surface area contributed by atoms with E-state index in [4.69, 9.17) is 14.6 Å². The second-order valence-electron chi connectivity index (χ2n) is 4.77. The van der Waals surface area contributed by atoms with Crippen molar-refractivity contribution in [2.24, 2.45) is 0 Å². The molecule has 0 aliphatic carbocycles. The maximum atomic E-state index is 13.8. The van der Waals surface area contributed by atoms with E-state index < -0.39 is 0 Å². The molecule has 1 aromatic rings. The van der Waals surface area contributed by atoms with E-state index >= 15 is 0 Å². The lowest BCUT2D eigenvalue weighted by Crippen LogP contribution is -2.24. The molecule has 0 radical (unpaired) electrons. The molecule has 2 rings (SSSR count). The standard InChI is InChI=1S/C16H19FO3/c17-16-10-13(4-3-8-18)6-7-14(16)11-19-12-15-5-1-2-9-20-15/h6-7,10,15,18H,1-2,5,8-9,11-12H2. The van der Waals surface area contributed by atoms with Crippen LogP contribution in [0.2, 0.25) is 0 Å². The van der Waals surface area contributed by atoms with E-state index in [1.54, 1.807) is 12.1 Å². The molecule has 1 fully saturated rings. The minimum Gasteiger partial charge on any atom is -0.384 e. The quantitative estimate of drug-likeness (QED) is 0.859. The second kappa shape index (κ2) is 8.01. The molecule has 3 nitrogen and oxygen atoms in total. The molecule has 0 amide bonds. The number of hydrogen-bond acceptors (Lipinski definition) is 3. The van der Waals surface area contributed by atoms with Crippen LogP contribution in [0.25, 0.3) is 0 Å². The minimum atomic E-state index is -0.334. The van der Waals surface area contributed by atoms with Gasteiger partial charge in [0.25, 0.3) is 0 Å². The van der Waals surface area contributed by atoms with Crippen LogP contribution in [0, 0.1) is 17.7 Å². The molecule has 0 saturated carbocycles. The molecule has 0 bridgehead atoms. The summed E-state index contributed by atoms with van der Waals surface area (Å²) in [4.78, 5) is 0. The third-order valence-electron chi connectivity index (χ3n) is 3.20. The van der Waals surface area contributed by atoms with Crippen molar-refractivity contribution in [1.29, 1.82) is 0 Å². The first kappa shape index (κ1) is 15.0. The van der Waals surface area contributed by atoms with Gasteiger partial charge in [0, 0.05) is 17.7 Å². The van der Waals surface area contributed by atoms with Gasteiger partial charge in [-0.25, -0.2) is 4.39 Å². The molecule has 1 aromatic carbocycles. The third kappa shape index (κ3) is 4.61. The van der Waals surface area contributed by atoms with Crippen LogP contribution in [0.3, 0.4) is 0 Å². The first-order valence-electron chi connectivity index (χ1n) is 6.87. The molecule has 20 heavy (non-hydrogen) atoms. The van der Waals surface area contributed by atoms with Crippen LogP contribution >= 0.6 is 0 Å². The Morgan fingerprint density at radius 3 is 3.00 bits per heavy atom. The zero-order valence-electron chi connectivity index (χ0n) is 11.4. The summed E-state index contributed by atoms with van der Waals surface area (Å²) in [6.07, 6.45) is 3.43. The van der Waals surface area contributed by atoms with Gasteiger partial charge < -0.3 is 14.6 Å².